The van der Waals surface area contributed by atoms with Crippen LogP contribution in [0.15, 0.2) is 42.7 Å². The van der Waals surface area contributed by atoms with Crippen molar-refractivity contribution in [2.24, 2.45) is 0 Å². The van der Waals surface area contributed by atoms with E-state index in [0.717, 1.165) is 28.3 Å². The summed E-state index contributed by atoms with van der Waals surface area (Å²) in [6, 6.07) is 10.3. The maximum absolute atomic E-state index is 5.52. The fourth-order valence-electron chi connectivity index (χ4n) is 2.89. The number of aromatic nitrogens is 3. The molecular formula is C18H23N5O. The van der Waals surface area contributed by atoms with E-state index >= 15 is 0 Å². The number of nitrogens with one attached hydrogen (secondary N) is 1. The molecule has 0 spiro atoms. The number of rotatable bonds is 6. The Hall–Kier alpha value is -2.60. The molecule has 0 radical (unpaired) electrons. The average molecular weight is 325 g/mol. The minimum atomic E-state index is 0.159. The van der Waals surface area contributed by atoms with Gasteiger partial charge in [0.15, 0.2) is 5.82 Å². The summed E-state index contributed by atoms with van der Waals surface area (Å²) in [4.78, 5) is 6.64. The first-order valence-electron chi connectivity index (χ1n) is 7.94. The zero-order valence-electron chi connectivity index (χ0n) is 14.5. The van der Waals surface area contributed by atoms with Gasteiger partial charge in [-0.1, -0.05) is 18.2 Å². The highest BCUT2D eigenvalue weighted by atomic mass is 16.5. The Morgan fingerprint density at radius 2 is 2.08 bits per heavy atom. The van der Waals surface area contributed by atoms with Crippen molar-refractivity contribution in [1.82, 2.24) is 19.5 Å². The van der Waals surface area contributed by atoms with E-state index < -0.39 is 0 Å². The molecule has 0 aliphatic rings. The number of para-hydroxylation sites is 1. The molecule has 0 aliphatic carbocycles. The number of fused-ring (bicyclic) bond motifs is 1. The summed E-state index contributed by atoms with van der Waals surface area (Å²) in [6.07, 6.45) is 3.62. The number of hydrogen-bond donors (Lipinski definition) is 1. The normalized spacial score (nSPS) is 12.5. The predicted molar refractivity (Wildman–Crippen MR) is 95.6 cm³/mol. The van der Waals surface area contributed by atoms with E-state index in [-0.39, 0.29) is 6.04 Å². The standard InChI is InChI=1S/C18H23N5O/c1-13-11-15-18(19-9-10-23(15)21-13)20-12-16(22(2)3)14-7-5-6-8-17(14)24-4/h5-11,16H,12H2,1-4H3,(H,19,20). The van der Waals surface area contributed by atoms with Gasteiger partial charge in [-0.2, -0.15) is 5.10 Å². The largest absolute Gasteiger partial charge is 0.496 e. The molecule has 6 heteroatoms. The summed E-state index contributed by atoms with van der Waals surface area (Å²) in [7, 11) is 5.84. The molecule has 6 nitrogen and oxygen atoms in total. The SMILES string of the molecule is COc1ccccc1C(CNc1nccn2nc(C)cc12)N(C)C. The van der Waals surface area contributed by atoms with Crippen molar-refractivity contribution in [3.8, 4) is 5.75 Å². The van der Waals surface area contributed by atoms with E-state index in [1.807, 2.05) is 41.9 Å². The predicted octanol–water partition coefficient (Wildman–Crippen LogP) is 2.76. The second-order valence-corrected chi connectivity index (χ2v) is 5.99. The maximum atomic E-state index is 5.52. The molecule has 0 fully saturated rings. The Morgan fingerprint density at radius 1 is 1.29 bits per heavy atom. The van der Waals surface area contributed by atoms with Crippen LogP contribution in [0.5, 0.6) is 5.75 Å². The molecule has 3 aromatic rings. The van der Waals surface area contributed by atoms with Gasteiger partial charge in [0.05, 0.1) is 18.8 Å². The first-order chi connectivity index (χ1) is 11.6. The molecule has 2 heterocycles. The Labute approximate surface area is 142 Å². The highest BCUT2D eigenvalue weighted by Gasteiger charge is 2.18. The molecule has 24 heavy (non-hydrogen) atoms. The van der Waals surface area contributed by atoms with Crippen LogP contribution in [0.4, 0.5) is 5.82 Å². The van der Waals surface area contributed by atoms with Gasteiger partial charge in [-0.05, 0) is 33.2 Å². The van der Waals surface area contributed by atoms with E-state index in [1.165, 1.54) is 0 Å². The van der Waals surface area contributed by atoms with Crippen LogP contribution < -0.4 is 10.1 Å². The molecule has 1 atom stereocenters. The molecule has 126 valence electrons. The number of ether oxygens (including phenoxy) is 1. The van der Waals surface area contributed by atoms with Gasteiger partial charge < -0.3 is 15.0 Å². The number of likely N-dealkylation sites (N-methyl/N-ethyl adjacent to an activating group) is 1. The first kappa shape index (κ1) is 16.3. The molecule has 1 N–H and O–H groups in total. The van der Waals surface area contributed by atoms with Crippen LogP contribution in [-0.4, -0.2) is 47.2 Å². The van der Waals surface area contributed by atoms with Crippen molar-refractivity contribution in [1.29, 1.82) is 0 Å². The van der Waals surface area contributed by atoms with Gasteiger partial charge in [0.1, 0.15) is 11.3 Å². The first-order valence-corrected chi connectivity index (χ1v) is 7.94. The Bertz CT molecular complexity index is 827. The molecule has 0 saturated heterocycles. The molecule has 1 unspecified atom stereocenters. The molecule has 0 amide bonds. The number of nitrogens with zero attached hydrogens (tertiary/aromatic N) is 4. The van der Waals surface area contributed by atoms with Gasteiger partial charge in [0.2, 0.25) is 0 Å². The van der Waals surface area contributed by atoms with Crippen molar-refractivity contribution in [3.63, 3.8) is 0 Å². The van der Waals surface area contributed by atoms with Crippen molar-refractivity contribution in [2.75, 3.05) is 33.1 Å². The van der Waals surface area contributed by atoms with Gasteiger partial charge in [-0.15, -0.1) is 0 Å². The number of aryl methyl sites for hydroxylation is 1. The molecule has 0 bridgehead atoms. The molecule has 2 aromatic heterocycles. The third-order valence-corrected chi connectivity index (χ3v) is 4.10. The molecule has 3 rings (SSSR count). The fraction of sp³-hybridized carbons (Fsp3) is 0.333. The van der Waals surface area contributed by atoms with Crippen molar-refractivity contribution in [3.05, 3.63) is 54.0 Å². The Morgan fingerprint density at radius 3 is 2.83 bits per heavy atom. The molecule has 1 aromatic carbocycles. The maximum Gasteiger partial charge on any atom is 0.152 e. The van der Waals surface area contributed by atoms with Gasteiger partial charge in [-0.25, -0.2) is 9.50 Å². The molecule has 0 aliphatic heterocycles. The zero-order valence-corrected chi connectivity index (χ0v) is 14.5. The van der Waals surface area contributed by atoms with Crippen LogP contribution in [0.3, 0.4) is 0 Å². The van der Waals surface area contributed by atoms with E-state index in [0.29, 0.717) is 6.54 Å². The summed E-state index contributed by atoms with van der Waals surface area (Å²) in [5, 5.41) is 7.89. The van der Waals surface area contributed by atoms with Crippen LogP contribution in [-0.2, 0) is 0 Å². The minimum absolute atomic E-state index is 0.159. The highest BCUT2D eigenvalue weighted by Crippen LogP contribution is 2.28. The minimum Gasteiger partial charge on any atom is -0.496 e. The van der Waals surface area contributed by atoms with E-state index in [1.54, 1.807) is 13.3 Å². The Kier molecular flexibility index (Phi) is 4.66. The highest BCUT2D eigenvalue weighted by molar-refractivity contribution is 5.67. The molecule has 0 saturated carbocycles. The average Bonchev–Trinajstić information content (AvgIpc) is 2.96. The summed E-state index contributed by atoms with van der Waals surface area (Å²) in [6.45, 7) is 2.69. The number of methoxy groups -OCH3 is 1. The smallest absolute Gasteiger partial charge is 0.152 e. The van der Waals surface area contributed by atoms with Crippen LogP contribution in [0.25, 0.3) is 5.52 Å². The number of anilines is 1. The second kappa shape index (κ2) is 6.88. The lowest BCUT2D eigenvalue weighted by Crippen LogP contribution is -2.27. The van der Waals surface area contributed by atoms with E-state index in [2.05, 4.69) is 40.5 Å². The van der Waals surface area contributed by atoms with Crippen LogP contribution in [0.2, 0.25) is 0 Å². The summed E-state index contributed by atoms with van der Waals surface area (Å²) >= 11 is 0. The number of benzene rings is 1. The van der Waals surface area contributed by atoms with Crippen LogP contribution in [0.1, 0.15) is 17.3 Å². The number of hydrogen-bond acceptors (Lipinski definition) is 5. The summed E-state index contributed by atoms with van der Waals surface area (Å²) in [5.74, 6) is 1.73. The topological polar surface area (TPSA) is 54.7 Å². The van der Waals surface area contributed by atoms with Gasteiger partial charge in [0.25, 0.3) is 0 Å². The van der Waals surface area contributed by atoms with E-state index in [9.17, 15) is 0 Å². The second-order valence-electron chi connectivity index (χ2n) is 5.99. The quantitative estimate of drug-likeness (QED) is 0.755. The lowest BCUT2D eigenvalue weighted by atomic mass is 10.0. The lowest BCUT2D eigenvalue weighted by Gasteiger charge is -2.26. The van der Waals surface area contributed by atoms with Crippen LogP contribution >= 0.6 is 0 Å². The van der Waals surface area contributed by atoms with Crippen molar-refractivity contribution in [2.45, 2.75) is 13.0 Å². The Balaban J connectivity index is 1.86. The van der Waals surface area contributed by atoms with Gasteiger partial charge in [-0.3, -0.25) is 0 Å². The fourth-order valence-corrected chi connectivity index (χ4v) is 2.89. The van der Waals surface area contributed by atoms with Crippen molar-refractivity contribution < 1.29 is 4.74 Å². The van der Waals surface area contributed by atoms with E-state index in [4.69, 9.17) is 4.74 Å². The molecular weight excluding hydrogens is 302 g/mol. The van der Waals surface area contributed by atoms with Gasteiger partial charge >= 0.3 is 0 Å². The monoisotopic (exact) mass is 325 g/mol. The summed E-state index contributed by atoms with van der Waals surface area (Å²) in [5.41, 5.74) is 3.10. The van der Waals surface area contributed by atoms with Crippen molar-refractivity contribution >= 4 is 11.3 Å². The lowest BCUT2D eigenvalue weighted by molar-refractivity contribution is 0.300. The third kappa shape index (κ3) is 3.19. The van der Waals surface area contributed by atoms with Crippen LogP contribution in [0, 0.1) is 6.92 Å². The third-order valence-electron chi connectivity index (χ3n) is 4.10. The zero-order chi connectivity index (χ0) is 17.1. The van der Waals surface area contributed by atoms with Gasteiger partial charge in [0, 0.05) is 24.5 Å². The summed E-state index contributed by atoms with van der Waals surface area (Å²) < 4.78 is 7.36.